The lowest BCUT2D eigenvalue weighted by atomic mass is 10.1. The lowest BCUT2D eigenvalue weighted by molar-refractivity contribution is 0.724. The van der Waals surface area contributed by atoms with Gasteiger partial charge in [-0.15, -0.1) is 0 Å². The highest BCUT2D eigenvalue weighted by atomic mass is 32.1. The summed E-state index contributed by atoms with van der Waals surface area (Å²) in [5, 5.41) is 19.1. The molecule has 1 heterocycles. The van der Waals surface area contributed by atoms with Crippen molar-refractivity contribution < 1.29 is 0 Å². The minimum atomic E-state index is -0.610. The summed E-state index contributed by atoms with van der Waals surface area (Å²) in [4.78, 5) is 0. The van der Waals surface area contributed by atoms with Gasteiger partial charge in [0.2, 0.25) is 5.13 Å². The number of hydrogen-bond donors (Lipinski definition) is 1. The minimum absolute atomic E-state index is 0.566. The largest absolute Gasteiger partial charge is 0.341 e. The van der Waals surface area contributed by atoms with Crippen molar-refractivity contribution in [1.29, 1.82) is 5.26 Å². The summed E-state index contributed by atoms with van der Waals surface area (Å²) in [5.74, 6) is 0. The Kier molecular flexibility index (Phi) is 2.01. The molecule has 0 saturated heterocycles. The fourth-order valence-electron chi connectivity index (χ4n) is 0.477. The van der Waals surface area contributed by atoms with E-state index in [1.807, 2.05) is 0 Å². The molecule has 0 amide bonds. The van der Waals surface area contributed by atoms with Crippen molar-refractivity contribution in [1.82, 2.24) is 14.8 Å². The van der Waals surface area contributed by atoms with Crippen LogP contribution in [0.3, 0.4) is 0 Å². The molecule has 58 valence electrons. The van der Waals surface area contributed by atoms with Crippen molar-refractivity contribution in [3.63, 3.8) is 0 Å². The standard InChI is InChI=1S/C5H7N5S/c1-5(2,3-6)7-4-8-9-10-11-4/h1-2H3,(H,7,8,10). The van der Waals surface area contributed by atoms with Crippen molar-refractivity contribution in [2.45, 2.75) is 19.4 Å². The molecule has 0 fully saturated rings. The normalized spacial score (nSPS) is 10.6. The molecule has 0 atom stereocenters. The van der Waals surface area contributed by atoms with Crippen LogP contribution in [0.5, 0.6) is 0 Å². The second-order valence-electron chi connectivity index (χ2n) is 2.53. The van der Waals surface area contributed by atoms with Crippen LogP contribution in [0.25, 0.3) is 0 Å². The molecule has 5 nitrogen and oxygen atoms in total. The Morgan fingerprint density at radius 2 is 2.36 bits per heavy atom. The second kappa shape index (κ2) is 2.80. The van der Waals surface area contributed by atoms with E-state index in [4.69, 9.17) is 5.26 Å². The van der Waals surface area contributed by atoms with Crippen LogP contribution in [0.15, 0.2) is 0 Å². The second-order valence-corrected chi connectivity index (χ2v) is 3.26. The number of nitriles is 1. The number of anilines is 1. The van der Waals surface area contributed by atoms with Gasteiger partial charge in [0.1, 0.15) is 5.54 Å². The van der Waals surface area contributed by atoms with Gasteiger partial charge >= 0.3 is 0 Å². The fraction of sp³-hybridized carbons (Fsp3) is 0.600. The summed E-state index contributed by atoms with van der Waals surface area (Å²) < 4.78 is 3.55. The van der Waals surface area contributed by atoms with E-state index in [0.717, 1.165) is 11.5 Å². The first-order chi connectivity index (χ1) is 5.14. The van der Waals surface area contributed by atoms with Crippen LogP contribution < -0.4 is 5.32 Å². The van der Waals surface area contributed by atoms with Gasteiger partial charge in [-0.1, -0.05) is 9.59 Å². The third-order valence-electron chi connectivity index (χ3n) is 0.998. The van der Waals surface area contributed by atoms with Crippen molar-refractivity contribution in [3.8, 4) is 6.07 Å². The van der Waals surface area contributed by atoms with Gasteiger partial charge in [0.25, 0.3) is 0 Å². The van der Waals surface area contributed by atoms with Crippen LogP contribution in [0.1, 0.15) is 13.8 Å². The lowest BCUT2D eigenvalue weighted by Crippen LogP contribution is -2.28. The Hall–Kier alpha value is -1.22. The number of nitrogens with one attached hydrogen (secondary N) is 1. The van der Waals surface area contributed by atoms with E-state index < -0.39 is 5.54 Å². The average Bonchev–Trinajstić information content (AvgIpc) is 2.39. The number of aromatic nitrogens is 3. The topological polar surface area (TPSA) is 74.5 Å². The quantitative estimate of drug-likeness (QED) is 0.703. The Bertz CT molecular complexity index is 259. The highest BCUT2D eigenvalue weighted by Gasteiger charge is 2.17. The van der Waals surface area contributed by atoms with Gasteiger partial charge in [-0.2, -0.15) is 5.26 Å². The summed E-state index contributed by atoms with van der Waals surface area (Å²) in [6, 6.07) is 2.08. The number of nitrogens with zero attached hydrogens (tertiary/aromatic N) is 4. The van der Waals surface area contributed by atoms with Crippen LogP contribution >= 0.6 is 11.5 Å². The minimum Gasteiger partial charge on any atom is -0.341 e. The zero-order chi connectivity index (χ0) is 8.32. The van der Waals surface area contributed by atoms with Crippen molar-refractivity contribution in [2.75, 3.05) is 5.32 Å². The third-order valence-corrected chi connectivity index (χ3v) is 1.51. The summed E-state index contributed by atoms with van der Waals surface area (Å²) >= 11 is 1.13. The first-order valence-electron chi connectivity index (χ1n) is 2.98. The van der Waals surface area contributed by atoms with Crippen molar-refractivity contribution in [3.05, 3.63) is 0 Å². The maximum absolute atomic E-state index is 8.62. The van der Waals surface area contributed by atoms with Crippen molar-refractivity contribution >= 4 is 16.7 Å². The molecule has 0 aliphatic carbocycles. The molecule has 1 rings (SSSR count). The van der Waals surface area contributed by atoms with Gasteiger partial charge in [-0.3, -0.25) is 0 Å². The fourth-order valence-corrected chi connectivity index (χ4v) is 1.00. The van der Waals surface area contributed by atoms with Gasteiger partial charge in [0, 0.05) is 11.5 Å². The zero-order valence-corrected chi connectivity index (χ0v) is 7.01. The highest BCUT2D eigenvalue weighted by molar-refractivity contribution is 7.09. The summed E-state index contributed by atoms with van der Waals surface area (Å²) in [6.45, 7) is 3.52. The van der Waals surface area contributed by atoms with Crippen LogP contribution in [0.4, 0.5) is 5.13 Å². The van der Waals surface area contributed by atoms with Crippen LogP contribution in [0.2, 0.25) is 0 Å². The van der Waals surface area contributed by atoms with Crippen LogP contribution in [0, 0.1) is 11.3 Å². The maximum atomic E-state index is 8.62. The summed E-state index contributed by atoms with van der Waals surface area (Å²) in [7, 11) is 0. The smallest absolute Gasteiger partial charge is 0.226 e. The highest BCUT2D eigenvalue weighted by Crippen LogP contribution is 2.12. The molecule has 0 spiro atoms. The molecular formula is C5H7N5S. The first-order valence-corrected chi connectivity index (χ1v) is 3.76. The molecule has 11 heavy (non-hydrogen) atoms. The molecule has 6 heteroatoms. The molecule has 0 aromatic carbocycles. The number of hydrogen-bond acceptors (Lipinski definition) is 6. The predicted octanol–water partition coefficient (Wildman–Crippen LogP) is 0.647. The van der Waals surface area contributed by atoms with Crippen LogP contribution in [-0.4, -0.2) is 20.3 Å². The molecular weight excluding hydrogens is 162 g/mol. The van der Waals surface area contributed by atoms with Gasteiger partial charge in [0.15, 0.2) is 0 Å². The summed E-state index contributed by atoms with van der Waals surface area (Å²) in [5.41, 5.74) is -0.610. The first kappa shape index (κ1) is 7.88. The molecule has 0 aliphatic rings. The van der Waals surface area contributed by atoms with Crippen molar-refractivity contribution in [2.24, 2.45) is 0 Å². The van der Waals surface area contributed by atoms with E-state index in [9.17, 15) is 0 Å². The van der Waals surface area contributed by atoms with E-state index in [2.05, 4.69) is 26.2 Å². The maximum Gasteiger partial charge on any atom is 0.226 e. The van der Waals surface area contributed by atoms with E-state index in [1.165, 1.54) is 0 Å². The molecule has 0 bridgehead atoms. The van der Waals surface area contributed by atoms with E-state index in [1.54, 1.807) is 13.8 Å². The lowest BCUT2D eigenvalue weighted by Gasteiger charge is -2.14. The molecule has 1 aromatic rings. The Labute approximate surface area is 68.2 Å². The average molecular weight is 169 g/mol. The number of rotatable bonds is 2. The van der Waals surface area contributed by atoms with Gasteiger partial charge in [0.05, 0.1) is 6.07 Å². The Morgan fingerprint density at radius 1 is 1.64 bits per heavy atom. The third kappa shape index (κ3) is 2.13. The van der Waals surface area contributed by atoms with Gasteiger partial charge < -0.3 is 5.32 Å². The molecule has 1 N–H and O–H groups in total. The monoisotopic (exact) mass is 169 g/mol. The molecule has 0 aliphatic heterocycles. The van der Waals surface area contributed by atoms with E-state index >= 15 is 0 Å². The van der Waals surface area contributed by atoms with E-state index in [0.29, 0.717) is 5.13 Å². The Morgan fingerprint density at radius 3 is 2.82 bits per heavy atom. The molecule has 0 unspecified atom stereocenters. The van der Waals surface area contributed by atoms with E-state index in [-0.39, 0.29) is 0 Å². The summed E-state index contributed by atoms with van der Waals surface area (Å²) in [6.07, 6.45) is 0. The molecule has 0 radical (unpaired) electrons. The van der Waals surface area contributed by atoms with Crippen LogP contribution in [-0.2, 0) is 0 Å². The van der Waals surface area contributed by atoms with Gasteiger partial charge in [-0.25, -0.2) is 0 Å². The van der Waals surface area contributed by atoms with Gasteiger partial charge in [-0.05, 0) is 19.1 Å². The predicted molar refractivity (Wildman–Crippen MR) is 41.0 cm³/mol. The zero-order valence-electron chi connectivity index (χ0n) is 6.20. The Balaban J connectivity index is 2.65. The SMILES string of the molecule is CC(C)(C#N)Nc1nnns1. The molecule has 0 saturated carbocycles. The molecule has 1 aromatic heterocycles.